The highest BCUT2D eigenvalue weighted by Gasteiger charge is 2.31. The molecular formula is C21H24N6O3. The van der Waals surface area contributed by atoms with Crippen LogP contribution in [0.5, 0.6) is 11.5 Å². The van der Waals surface area contributed by atoms with Gasteiger partial charge in [-0.2, -0.15) is 4.98 Å². The van der Waals surface area contributed by atoms with Crippen LogP contribution >= 0.6 is 0 Å². The Balaban J connectivity index is 1.45. The van der Waals surface area contributed by atoms with Crippen molar-refractivity contribution in [3.05, 3.63) is 54.7 Å². The molecule has 1 fully saturated rings. The number of anilines is 1. The number of methoxy groups -OCH3 is 2. The van der Waals surface area contributed by atoms with Crippen LogP contribution in [0.25, 0.3) is 5.95 Å². The summed E-state index contributed by atoms with van der Waals surface area (Å²) >= 11 is 0. The van der Waals surface area contributed by atoms with Gasteiger partial charge in [0.1, 0.15) is 18.2 Å². The first-order valence-electron chi connectivity index (χ1n) is 9.76. The molecule has 1 saturated heterocycles. The molecule has 1 unspecified atom stereocenters. The van der Waals surface area contributed by atoms with E-state index < -0.39 is 0 Å². The van der Waals surface area contributed by atoms with Gasteiger partial charge in [0.25, 0.3) is 0 Å². The molecule has 0 aliphatic carbocycles. The molecule has 0 bridgehead atoms. The molecule has 9 heteroatoms. The summed E-state index contributed by atoms with van der Waals surface area (Å²) in [6.07, 6.45) is 8.53. The van der Waals surface area contributed by atoms with E-state index in [4.69, 9.17) is 9.47 Å². The number of carbonyl (C=O) groups is 1. The third kappa shape index (κ3) is 4.05. The maximum Gasteiger partial charge on any atom is 0.243 e. The number of rotatable bonds is 7. The van der Waals surface area contributed by atoms with Crippen molar-refractivity contribution in [2.24, 2.45) is 0 Å². The molecule has 1 atom stereocenters. The Hall–Kier alpha value is -3.62. The Morgan fingerprint density at radius 1 is 1.20 bits per heavy atom. The summed E-state index contributed by atoms with van der Waals surface area (Å²) in [6.45, 7) is 1.18. The minimum atomic E-state index is -0.268. The zero-order valence-electron chi connectivity index (χ0n) is 17.0. The van der Waals surface area contributed by atoms with Gasteiger partial charge in [0, 0.05) is 31.7 Å². The minimum Gasteiger partial charge on any atom is -0.493 e. The SMILES string of the molecule is COc1ccc(CNC(=O)C2CCCN2c2ccnc(-n3ccnc3)n2)cc1OC. The maximum absolute atomic E-state index is 12.9. The van der Waals surface area contributed by atoms with E-state index >= 15 is 0 Å². The minimum absolute atomic E-state index is 0.0231. The van der Waals surface area contributed by atoms with Gasteiger partial charge in [-0.1, -0.05) is 6.07 Å². The molecule has 0 radical (unpaired) electrons. The lowest BCUT2D eigenvalue weighted by Gasteiger charge is -2.25. The van der Waals surface area contributed by atoms with Crippen molar-refractivity contribution < 1.29 is 14.3 Å². The standard InChI is InChI=1S/C21H24N6O3/c1-29-17-6-5-15(12-18(17)30-2)13-24-20(28)16-4-3-10-27(16)19-7-8-23-21(25-19)26-11-9-22-14-26/h5-9,11-12,14,16H,3-4,10,13H2,1-2H3,(H,24,28). The summed E-state index contributed by atoms with van der Waals surface area (Å²) in [5.74, 6) is 2.54. The van der Waals surface area contributed by atoms with Crippen LogP contribution < -0.4 is 19.7 Å². The first kappa shape index (κ1) is 19.7. The van der Waals surface area contributed by atoms with Gasteiger partial charge in [-0.15, -0.1) is 0 Å². The molecule has 1 aliphatic rings. The second-order valence-electron chi connectivity index (χ2n) is 6.94. The average Bonchev–Trinajstić information content (AvgIpc) is 3.49. The normalized spacial score (nSPS) is 15.8. The summed E-state index contributed by atoms with van der Waals surface area (Å²) < 4.78 is 12.3. The fourth-order valence-corrected chi connectivity index (χ4v) is 3.61. The van der Waals surface area contributed by atoms with Crippen molar-refractivity contribution in [2.45, 2.75) is 25.4 Å². The van der Waals surface area contributed by atoms with E-state index in [9.17, 15) is 4.79 Å². The molecule has 3 heterocycles. The van der Waals surface area contributed by atoms with Crippen molar-refractivity contribution in [3.8, 4) is 17.4 Å². The first-order chi connectivity index (χ1) is 14.7. The van der Waals surface area contributed by atoms with Gasteiger partial charge >= 0.3 is 0 Å². The number of aromatic nitrogens is 4. The number of hydrogen-bond acceptors (Lipinski definition) is 7. The summed E-state index contributed by atoms with van der Waals surface area (Å²) in [7, 11) is 3.19. The van der Waals surface area contributed by atoms with Crippen LogP contribution in [-0.2, 0) is 11.3 Å². The van der Waals surface area contributed by atoms with Crippen molar-refractivity contribution in [1.82, 2.24) is 24.8 Å². The van der Waals surface area contributed by atoms with E-state index in [-0.39, 0.29) is 11.9 Å². The highest BCUT2D eigenvalue weighted by atomic mass is 16.5. The molecule has 2 aromatic heterocycles. The van der Waals surface area contributed by atoms with Crippen LogP contribution in [0.3, 0.4) is 0 Å². The summed E-state index contributed by atoms with van der Waals surface area (Å²) in [5, 5.41) is 3.04. The van der Waals surface area contributed by atoms with Gasteiger partial charge in [-0.3, -0.25) is 9.36 Å². The lowest BCUT2D eigenvalue weighted by Crippen LogP contribution is -2.43. The molecule has 1 aliphatic heterocycles. The number of nitrogens with one attached hydrogen (secondary N) is 1. The lowest BCUT2D eigenvalue weighted by molar-refractivity contribution is -0.122. The molecule has 1 N–H and O–H groups in total. The number of ether oxygens (including phenoxy) is 2. The van der Waals surface area contributed by atoms with Crippen LogP contribution in [0.15, 0.2) is 49.2 Å². The summed E-state index contributed by atoms with van der Waals surface area (Å²) in [6, 6.07) is 7.18. The van der Waals surface area contributed by atoms with E-state index in [0.29, 0.717) is 24.0 Å². The molecular weight excluding hydrogens is 384 g/mol. The Labute approximate surface area is 174 Å². The van der Waals surface area contributed by atoms with Crippen molar-refractivity contribution in [2.75, 3.05) is 25.7 Å². The van der Waals surface area contributed by atoms with Gasteiger partial charge in [-0.25, -0.2) is 9.97 Å². The lowest BCUT2D eigenvalue weighted by atomic mass is 10.1. The predicted molar refractivity (Wildman–Crippen MR) is 111 cm³/mol. The smallest absolute Gasteiger partial charge is 0.243 e. The van der Waals surface area contributed by atoms with Gasteiger partial charge in [-0.05, 0) is 36.6 Å². The molecule has 4 rings (SSSR count). The highest BCUT2D eigenvalue weighted by Crippen LogP contribution is 2.28. The fourth-order valence-electron chi connectivity index (χ4n) is 3.61. The van der Waals surface area contributed by atoms with E-state index in [1.54, 1.807) is 43.7 Å². The van der Waals surface area contributed by atoms with Gasteiger partial charge < -0.3 is 19.7 Å². The third-order valence-corrected chi connectivity index (χ3v) is 5.13. The van der Waals surface area contributed by atoms with E-state index in [0.717, 1.165) is 30.8 Å². The number of imidazole rings is 1. The van der Waals surface area contributed by atoms with Crippen molar-refractivity contribution in [3.63, 3.8) is 0 Å². The van der Waals surface area contributed by atoms with Gasteiger partial charge in [0.15, 0.2) is 11.5 Å². The van der Waals surface area contributed by atoms with Crippen LogP contribution in [0.1, 0.15) is 18.4 Å². The molecule has 30 heavy (non-hydrogen) atoms. The van der Waals surface area contributed by atoms with E-state index in [2.05, 4.69) is 20.3 Å². The van der Waals surface area contributed by atoms with E-state index in [1.807, 2.05) is 29.2 Å². The Bertz CT molecular complexity index is 1010. The molecule has 156 valence electrons. The number of benzene rings is 1. The second-order valence-corrected chi connectivity index (χ2v) is 6.94. The quantitative estimate of drug-likeness (QED) is 0.639. The van der Waals surface area contributed by atoms with Crippen LogP contribution in [0.2, 0.25) is 0 Å². The zero-order valence-corrected chi connectivity index (χ0v) is 17.0. The fraction of sp³-hybridized carbons (Fsp3) is 0.333. The Morgan fingerprint density at radius 2 is 2.07 bits per heavy atom. The molecule has 3 aromatic rings. The number of nitrogens with zero attached hydrogens (tertiary/aromatic N) is 5. The van der Waals surface area contributed by atoms with Crippen molar-refractivity contribution >= 4 is 11.7 Å². The third-order valence-electron chi connectivity index (χ3n) is 5.13. The van der Waals surface area contributed by atoms with Crippen molar-refractivity contribution in [1.29, 1.82) is 0 Å². The average molecular weight is 408 g/mol. The van der Waals surface area contributed by atoms with E-state index in [1.165, 1.54) is 0 Å². The molecule has 0 saturated carbocycles. The zero-order chi connectivity index (χ0) is 20.9. The van der Waals surface area contributed by atoms with Crippen LogP contribution in [-0.4, -0.2) is 52.2 Å². The van der Waals surface area contributed by atoms with Crippen LogP contribution in [0, 0.1) is 0 Å². The first-order valence-corrected chi connectivity index (χ1v) is 9.76. The topological polar surface area (TPSA) is 94.4 Å². The highest BCUT2D eigenvalue weighted by molar-refractivity contribution is 5.85. The Kier molecular flexibility index (Phi) is 5.78. The molecule has 1 aromatic carbocycles. The molecule has 1 amide bonds. The monoisotopic (exact) mass is 408 g/mol. The van der Waals surface area contributed by atoms with Gasteiger partial charge in [0.2, 0.25) is 11.9 Å². The summed E-state index contributed by atoms with van der Waals surface area (Å²) in [5.41, 5.74) is 0.940. The van der Waals surface area contributed by atoms with Gasteiger partial charge in [0.05, 0.1) is 14.2 Å². The number of hydrogen-bond donors (Lipinski definition) is 1. The molecule has 9 nitrogen and oxygen atoms in total. The largest absolute Gasteiger partial charge is 0.493 e. The predicted octanol–water partition coefficient (Wildman–Crippen LogP) is 1.96. The maximum atomic E-state index is 12.9. The molecule has 0 spiro atoms. The Morgan fingerprint density at radius 3 is 2.83 bits per heavy atom. The van der Waals surface area contributed by atoms with Crippen LogP contribution in [0.4, 0.5) is 5.82 Å². The summed E-state index contributed by atoms with van der Waals surface area (Å²) in [4.78, 5) is 27.9. The number of carbonyl (C=O) groups excluding carboxylic acids is 1. The second kappa shape index (κ2) is 8.81. The number of amides is 1.